The van der Waals surface area contributed by atoms with Gasteiger partial charge in [-0.1, -0.05) is 12.1 Å². The second-order valence-electron chi connectivity index (χ2n) is 7.23. The second kappa shape index (κ2) is 7.92. The highest BCUT2D eigenvalue weighted by atomic mass is 16.5. The zero-order valence-corrected chi connectivity index (χ0v) is 16.1. The van der Waals surface area contributed by atoms with Crippen molar-refractivity contribution in [3.63, 3.8) is 0 Å². The number of carbonyl (C=O) groups excluding carboxylic acids is 2. The fourth-order valence-corrected chi connectivity index (χ4v) is 3.93. The van der Waals surface area contributed by atoms with Gasteiger partial charge in [-0.05, 0) is 55.7 Å². The summed E-state index contributed by atoms with van der Waals surface area (Å²) in [5.41, 5.74) is 2.54. The monoisotopic (exact) mass is 379 g/mol. The molecule has 2 saturated heterocycles. The predicted octanol–water partition coefficient (Wildman–Crippen LogP) is 3.43. The molecular formula is C22H25N3O3. The van der Waals surface area contributed by atoms with Gasteiger partial charge >= 0.3 is 0 Å². The summed E-state index contributed by atoms with van der Waals surface area (Å²) < 4.78 is 5.31. The molecule has 2 heterocycles. The van der Waals surface area contributed by atoms with Gasteiger partial charge in [0.1, 0.15) is 11.8 Å². The van der Waals surface area contributed by atoms with E-state index in [4.69, 9.17) is 4.74 Å². The van der Waals surface area contributed by atoms with Crippen LogP contribution in [0.2, 0.25) is 0 Å². The Morgan fingerprint density at radius 3 is 2.39 bits per heavy atom. The molecule has 2 amide bonds. The van der Waals surface area contributed by atoms with Crippen LogP contribution in [0.25, 0.3) is 0 Å². The van der Waals surface area contributed by atoms with Gasteiger partial charge in [0.15, 0.2) is 0 Å². The maximum Gasteiger partial charge on any atom is 0.256 e. The standard InChI is InChI=1S/C22H25N3O3/c1-28-20-8-4-3-7-19(20)25-21(26)15-18(22(25)27)23-16-9-11-17(12-10-16)24-13-5-2-6-14-24/h3-4,7-12,18,23H,2,5-6,13-15H2,1H3/t18-/m0/s1. The average molecular weight is 379 g/mol. The van der Waals surface area contributed by atoms with Crippen molar-refractivity contribution in [1.29, 1.82) is 0 Å². The summed E-state index contributed by atoms with van der Waals surface area (Å²) in [5, 5.41) is 3.22. The molecule has 2 aromatic carbocycles. The molecule has 0 aromatic heterocycles. The van der Waals surface area contributed by atoms with Crippen molar-refractivity contribution < 1.29 is 14.3 Å². The molecule has 0 radical (unpaired) electrons. The molecule has 4 rings (SSSR count). The second-order valence-corrected chi connectivity index (χ2v) is 7.23. The minimum Gasteiger partial charge on any atom is -0.495 e. The first kappa shape index (κ1) is 18.3. The van der Waals surface area contributed by atoms with Crippen LogP contribution >= 0.6 is 0 Å². The molecule has 0 saturated carbocycles. The van der Waals surface area contributed by atoms with Crippen LogP contribution in [0, 0.1) is 0 Å². The highest BCUT2D eigenvalue weighted by Crippen LogP contribution is 2.32. The van der Waals surface area contributed by atoms with E-state index in [0.29, 0.717) is 11.4 Å². The topological polar surface area (TPSA) is 61.9 Å². The predicted molar refractivity (Wildman–Crippen MR) is 110 cm³/mol. The highest BCUT2D eigenvalue weighted by molar-refractivity contribution is 6.23. The summed E-state index contributed by atoms with van der Waals surface area (Å²) >= 11 is 0. The Balaban J connectivity index is 1.47. The highest BCUT2D eigenvalue weighted by Gasteiger charge is 2.40. The van der Waals surface area contributed by atoms with E-state index in [-0.39, 0.29) is 18.2 Å². The van der Waals surface area contributed by atoms with Crippen molar-refractivity contribution in [3.8, 4) is 5.75 Å². The van der Waals surface area contributed by atoms with Gasteiger partial charge in [0, 0.05) is 24.5 Å². The van der Waals surface area contributed by atoms with Gasteiger partial charge in [0.25, 0.3) is 5.91 Å². The molecule has 1 N–H and O–H groups in total. The van der Waals surface area contributed by atoms with Gasteiger partial charge < -0.3 is 15.0 Å². The third-order valence-corrected chi connectivity index (χ3v) is 5.40. The third-order valence-electron chi connectivity index (χ3n) is 5.40. The Morgan fingerprint density at radius 2 is 1.68 bits per heavy atom. The van der Waals surface area contributed by atoms with Crippen molar-refractivity contribution in [2.24, 2.45) is 0 Å². The number of hydrogen-bond acceptors (Lipinski definition) is 5. The zero-order valence-electron chi connectivity index (χ0n) is 16.1. The molecule has 6 heteroatoms. The van der Waals surface area contributed by atoms with E-state index < -0.39 is 6.04 Å². The molecule has 6 nitrogen and oxygen atoms in total. The first-order chi connectivity index (χ1) is 13.7. The average Bonchev–Trinajstić information content (AvgIpc) is 3.02. The molecule has 0 unspecified atom stereocenters. The number of rotatable bonds is 5. The molecule has 2 aliphatic rings. The largest absolute Gasteiger partial charge is 0.495 e. The van der Waals surface area contributed by atoms with Crippen LogP contribution < -0.4 is 19.9 Å². The quantitative estimate of drug-likeness (QED) is 0.807. The number of imide groups is 1. The van der Waals surface area contributed by atoms with Crippen molar-refractivity contribution in [3.05, 3.63) is 48.5 Å². The molecular weight excluding hydrogens is 354 g/mol. The van der Waals surface area contributed by atoms with E-state index >= 15 is 0 Å². The van der Waals surface area contributed by atoms with Crippen molar-refractivity contribution >= 4 is 28.9 Å². The number of benzene rings is 2. The fourth-order valence-electron chi connectivity index (χ4n) is 3.93. The van der Waals surface area contributed by atoms with Gasteiger partial charge in [-0.15, -0.1) is 0 Å². The van der Waals surface area contributed by atoms with E-state index in [1.165, 1.54) is 37.0 Å². The number of amides is 2. The number of piperidine rings is 1. The number of nitrogens with one attached hydrogen (secondary N) is 1. The number of para-hydroxylation sites is 2. The first-order valence-electron chi connectivity index (χ1n) is 9.79. The van der Waals surface area contributed by atoms with Gasteiger partial charge in [-0.3, -0.25) is 9.59 Å². The number of hydrogen-bond donors (Lipinski definition) is 1. The Morgan fingerprint density at radius 1 is 0.964 bits per heavy atom. The molecule has 28 heavy (non-hydrogen) atoms. The van der Waals surface area contributed by atoms with Crippen molar-refractivity contribution in [2.75, 3.05) is 35.3 Å². The lowest BCUT2D eigenvalue weighted by molar-refractivity contribution is -0.121. The van der Waals surface area contributed by atoms with Gasteiger partial charge in [0.05, 0.1) is 19.2 Å². The lowest BCUT2D eigenvalue weighted by Crippen LogP contribution is -2.35. The normalized spacial score (nSPS) is 19.8. The summed E-state index contributed by atoms with van der Waals surface area (Å²) in [5.74, 6) is 0.0299. The Hall–Kier alpha value is -3.02. The fraction of sp³-hybridized carbons (Fsp3) is 0.364. The van der Waals surface area contributed by atoms with Crippen LogP contribution in [0.1, 0.15) is 25.7 Å². The van der Waals surface area contributed by atoms with Crippen LogP contribution in [-0.4, -0.2) is 38.1 Å². The molecule has 146 valence electrons. The first-order valence-corrected chi connectivity index (χ1v) is 9.79. The number of ether oxygens (including phenoxy) is 1. The summed E-state index contributed by atoms with van der Waals surface area (Å²) in [7, 11) is 1.53. The Labute approximate surface area is 165 Å². The van der Waals surface area contributed by atoms with E-state index in [1.807, 2.05) is 18.2 Å². The molecule has 2 fully saturated rings. The Kier molecular flexibility index (Phi) is 5.19. The minimum absolute atomic E-state index is 0.130. The lowest BCUT2D eigenvalue weighted by Gasteiger charge is -2.29. The lowest BCUT2D eigenvalue weighted by atomic mass is 10.1. The van der Waals surface area contributed by atoms with Crippen LogP contribution in [-0.2, 0) is 9.59 Å². The van der Waals surface area contributed by atoms with Crippen LogP contribution in [0.3, 0.4) is 0 Å². The smallest absolute Gasteiger partial charge is 0.256 e. The molecule has 0 spiro atoms. The number of anilines is 3. The molecule has 2 aliphatic heterocycles. The maximum absolute atomic E-state index is 12.9. The SMILES string of the molecule is COc1ccccc1N1C(=O)C[C@H](Nc2ccc(N3CCCCC3)cc2)C1=O. The summed E-state index contributed by atoms with van der Waals surface area (Å²) in [6, 6.07) is 14.6. The van der Waals surface area contributed by atoms with Crippen LogP contribution in [0.4, 0.5) is 17.1 Å². The third kappa shape index (κ3) is 3.54. The van der Waals surface area contributed by atoms with E-state index in [2.05, 4.69) is 22.3 Å². The van der Waals surface area contributed by atoms with E-state index in [1.54, 1.807) is 18.2 Å². The number of carbonyl (C=O) groups is 2. The molecule has 0 bridgehead atoms. The van der Waals surface area contributed by atoms with E-state index in [0.717, 1.165) is 18.8 Å². The molecule has 1 atom stereocenters. The van der Waals surface area contributed by atoms with E-state index in [9.17, 15) is 9.59 Å². The maximum atomic E-state index is 12.9. The number of methoxy groups -OCH3 is 1. The van der Waals surface area contributed by atoms with Crippen molar-refractivity contribution in [1.82, 2.24) is 0 Å². The van der Waals surface area contributed by atoms with Gasteiger partial charge in [-0.25, -0.2) is 4.90 Å². The molecule has 0 aliphatic carbocycles. The summed E-state index contributed by atoms with van der Waals surface area (Å²) in [6.07, 6.45) is 3.90. The Bertz CT molecular complexity index is 860. The summed E-state index contributed by atoms with van der Waals surface area (Å²) in [4.78, 5) is 29.0. The van der Waals surface area contributed by atoms with Gasteiger partial charge in [-0.2, -0.15) is 0 Å². The molecule has 2 aromatic rings. The van der Waals surface area contributed by atoms with Gasteiger partial charge in [0.2, 0.25) is 5.91 Å². The summed E-state index contributed by atoms with van der Waals surface area (Å²) in [6.45, 7) is 2.19. The number of nitrogens with zero attached hydrogens (tertiary/aromatic N) is 2. The minimum atomic E-state index is -0.571. The van der Waals surface area contributed by atoms with Crippen LogP contribution in [0.15, 0.2) is 48.5 Å². The van der Waals surface area contributed by atoms with Crippen LogP contribution in [0.5, 0.6) is 5.75 Å². The van der Waals surface area contributed by atoms with Crippen molar-refractivity contribution in [2.45, 2.75) is 31.7 Å². The zero-order chi connectivity index (χ0) is 19.5.